The van der Waals surface area contributed by atoms with E-state index in [1.165, 1.54) is 0 Å². The molecule has 1 aliphatic rings. The average molecular weight is 373 g/mol. The normalized spacial score (nSPS) is 14.9. The van der Waals surface area contributed by atoms with Crippen LogP contribution in [0.5, 0.6) is 0 Å². The van der Waals surface area contributed by atoms with E-state index in [9.17, 15) is 9.59 Å². The minimum atomic E-state index is -0.776. The molecule has 0 atom stereocenters. The van der Waals surface area contributed by atoms with Gasteiger partial charge in [0.05, 0.1) is 5.92 Å². The molecule has 1 aliphatic heterocycles. The first-order valence-electron chi connectivity index (χ1n) is 8.64. The molecule has 3 rings (SSSR count). The van der Waals surface area contributed by atoms with Crippen LogP contribution in [0.3, 0.4) is 0 Å². The van der Waals surface area contributed by atoms with E-state index >= 15 is 0 Å². The number of hydrogen-bond acceptors (Lipinski definition) is 2. The molecule has 1 saturated heterocycles. The van der Waals surface area contributed by atoms with Gasteiger partial charge in [0.2, 0.25) is 0 Å². The number of nitrogens with one attached hydrogen (secondary N) is 1. The number of carbonyl (C=O) groups excluding carboxylic acids is 1. The van der Waals surface area contributed by atoms with Crippen molar-refractivity contribution in [1.29, 1.82) is 0 Å². The summed E-state index contributed by atoms with van der Waals surface area (Å²) in [7, 11) is 0. The maximum atomic E-state index is 12.4. The summed E-state index contributed by atoms with van der Waals surface area (Å²) in [6, 6.07) is 15.4. The lowest BCUT2D eigenvalue weighted by Gasteiger charge is -2.30. The molecule has 0 unspecified atom stereocenters. The van der Waals surface area contributed by atoms with Gasteiger partial charge < -0.3 is 15.3 Å². The smallest absolute Gasteiger partial charge is 0.317 e. The van der Waals surface area contributed by atoms with E-state index in [1.54, 1.807) is 4.90 Å². The zero-order valence-electron chi connectivity index (χ0n) is 14.3. The first kappa shape index (κ1) is 18.3. The maximum Gasteiger partial charge on any atom is 0.317 e. The average Bonchev–Trinajstić information content (AvgIpc) is 2.67. The van der Waals surface area contributed by atoms with E-state index < -0.39 is 5.97 Å². The number of rotatable bonds is 4. The van der Waals surface area contributed by atoms with Crippen LogP contribution in [0.4, 0.5) is 4.79 Å². The van der Waals surface area contributed by atoms with Crippen LogP contribution < -0.4 is 5.32 Å². The Hall–Kier alpha value is -2.53. The molecule has 6 heteroatoms. The summed E-state index contributed by atoms with van der Waals surface area (Å²) in [6.45, 7) is 1.36. The molecule has 0 spiro atoms. The van der Waals surface area contributed by atoms with Gasteiger partial charge in [0.1, 0.15) is 0 Å². The van der Waals surface area contributed by atoms with Gasteiger partial charge in [-0.1, -0.05) is 48.0 Å². The topological polar surface area (TPSA) is 69.6 Å². The number of aliphatic carboxylic acids is 1. The summed E-state index contributed by atoms with van der Waals surface area (Å²) >= 11 is 5.96. The Labute approximate surface area is 157 Å². The molecule has 0 aromatic heterocycles. The highest BCUT2D eigenvalue weighted by Gasteiger charge is 2.26. The van der Waals surface area contributed by atoms with E-state index in [1.807, 2.05) is 48.5 Å². The number of benzene rings is 2. The van der Waals surface area contributed by atoms with Gasteiger partial charge in [-0.3, -0.25) is 4.79 Å². The van der Waals surface area contributed by atoms with Crippen molar-refractivity contribution in [2.75, 3.05) is 13.1 Å². The number of carboxylic acids is 1. The zero-order chi connectivity index (χ0) is 18.5. The van der Waals surface area contributed by atoms with Crippen molar-refractivity contribution in [3.63, 3.8) is 0 Å². The van der Waals surface area contributed by atoms with Crippen molar-refractivity contribution in [2.24, 2.45) is 5.92 Å². The monoisotopic (exact) mass is 372 g/mol. The number of halogens is 1. The van der Waals surface area contributed by atoms with E-state index in [4.69, 9.17) is 16.7 Å². The van der Waals surface area contributed by atoms with Crippen molar-refractivity contribution >= 4 is 23.6 Å². The second-order valence-corrected chi connectivity index (χ2v) is 6.86. The van der Waals surface area contributed by atoms with Crippen molar-refractivity contribution in [3.8, 4) is 11.1 Å². The van der Waals surface area contributed by atoms with E-state index in [-0.39, 0.29) is 11.9 Å². The number of carbonyl (C=O) groups is 2. The molecular formula is C20H21ClN2O3. The van der Waals surface area contributed by atoms with Crippen molar-refractivity contribution in [1.82, 2.24) is 10.2 Å². The van der Waals surface area contributed by atoms with Gasteiger partial charge in [-0.25, -0.2) is 4.79 Å². The molecule has 0 saturated carbocycles. The molecule has 136 valence electrons. The fraction of sp³-hybridized carbons (Fsp3) is 0.300. The van der Waals surface area contributed by atoms with Crippen LogP contribution in [0, 0.1) is 5.92 Å². The largest absolute Gasteiger partial charge is 0.481 e. The van der Waals surface area contributed by atoms with Crippen molar-refractivity contribution < 1.29 is 14.7 Å². The van der Waals surface area contributed by atoms with Gasteiger partial charge in [0.15, 0.2) is 0 Å². The number of amides is 2. The van der Waals surface area contributed by atoms with Crippen LogP contribution in [0.1, 0.15) is 18.4 Å². The lowest BCUT2D eigenvalue weighted by molar-refractivity contribution is -0.143. The van der Waals surface area contributed by atoms with Gasteiger partial charge in [0, 0.05) is 24.7 Å². The molecule has 1 fully saturated rings. The van der Waals surface area contributed by atoms with Crippen LogP contribution in [-0.2, 0) is 11.3 Å². The van der Waals surface area contributed by atoms with Gasteiger partial charge in [-0.2, -0.15) is 0 Å². The van der Waals surface area contributed by atoms with Crippen LogP contribution in [-0.4, -0.2) is 35.1 Å². The van der Waals surface area contributed by atoms with Crippen LogP contribution in [0.2, 0.25) is 5.02 Å². The first-order valence-corrected chi connectivity index (χ1v) is 9.02. The second-order valence-electron chi connectivity index (χ2n) is 6.42. The minimum absolute atomic E-state index is 0.153. The lowest BCUT2D eigenvalue weighted by atomic mass is 9.97. The molecule has 2 aromatic rings. The van der Waals surface area contributed by atoms with Crippen LogP contribution >= 0.6 is 11.6 Å². The summed E-state index contributed by atoms with van der Waals surface area (Å²) in [5.74, 6) is -1.12. The number of piperidine rings is 1. The fourth-order valence-corrected chi connectivity index (χ4v) is 3.32. The maximum absolute atomic E-state index is 12.4. The molecule has 26 heavy (non-hydrogen) atoms. The first-order chi connectivity index (χ1) is 12.5. The molecule has 0 bridgehead atoms. The SMILES string of the molecule is O=C(O)C1CCN(C(=O)NCc2ccccc2-c2ccc(Cl)cc2)CC1. The molecular weight excluding hydrogens is 352 g/mol. The Balaban J connectivity index is 1.62. The number of carboxylic acid groups (broad SMARTS) is 1. The summed E-state index contributed by atoms with van der Waals surface area (Å²) in [5.41, 5.74) is 3.11. The highest BCUT2D eigenvalue weighted by molar-refractivity contribution is 6.30. The van der Waals surface area contributed by atoms with E-state index in [0.29, 0.717) is 37.5 Å². The summed E-state index contributed by atoms with van der Waals surface area (Å²) in [5, 5.41) is 12.7. The molecule has 2 amide bonds. The lowest BCUT2D eigenvalue weighted by Crippen LogP contribution is -2.45. The summed E-state index contributed by atoms with van der Waals surface area (Å²) < 4.78 is 0. The Kier molecular flexibility index (Phi) is 5.78. The number of likely N-dealkylation sites (tertiary alicyclic amines) is 1. The molecule has 0 radical (unpaired) electrons. The summed E-state index contributed by atoms with van der Waals surface area (Å²) in [6.07, 6.45) is 1.01. The Morgan fingerprint density at radius 3 is 2.38 bits per heavy atom. The Morgan fingerprint density at radius 2 is 1.73 bits per heavy atom. The predicted molar refractivity (Wildman–Crippen MR) is 101 cm³/mol. The number of urea groups is 1. The van der Waals surface area contributed by atoms with Crippen molar-refractivity contribution in [3.05, 3.63) is 59.1 Å². The second kappa shape index (κ2) is 8.23. The predicted octanol–water partition coefficient (Wildman–Crippen LogP) is 4.01. The van der Waals surface area contributed by atoms with Crippen LogP contribution in [0.15, 0.2) is 48.5 Å². The molecule has 5 nitrogen and oxygen atoms in total. The molecule has 1 heterocycles. The minimum Gasteiger partial charge on any atom is -0.481 e. The van der Waals surface area contributed by atoms with E-state index in [0.717, 1.165) is 16.7 Å². The standard InChI is InChI=1S/C20H21ClN2O3/c21-17-7-5-14(6-8-17)18-4-2-1-3-16(18)13-22-20(26)23-11-9-15(10-12-23)19(24)25/h1-8,15H,9-13H2,(H,22,26)(H,24,25). The molecule has 0 aliphatic carbocycles. The van der Waals surface area contributed by atoms with Gasteiger partial charge in [-0.15, -0.1) is 0 Å². The fourth-order valence-electron chi connectivity index (χ4n) is 3.20. The highest BCUT2D eigenvalue weighted by Crippen LogP contribution is 2.25. The Bertz CT molecular complexity index is 784. The van der Waals surface area contributed by atoms with E-state index in [2.05, 4.69) is 5.32 Å². The quantitative estimate of drug-likeness (QED) is 0.851. The molecule has 2 aromatic carbocycles. The van der Waals surface area contributed by atoms with Crippen LogP contribution in [0.25, 0.3) is 11.1 Å². The van der Waals surface area contributed by atoms with Crippen molar-refractivity contribution in [2.45, 2.75) is 19.4 Å². The number of hydrogen-bond donors (Lipinski definition) is 2. The third kappa shape index (κ3) is 4.35. The zero-order valence-corrected chi connectivity index (χ0v) is 15.1. The third-order valence-corrected chi connectivity index (χ3v) is 4.99. The van der Waals surface area contributed by atoms with Gasteiger partial charge >= 0.3 is 12.0 Å². The highest BCUT2D eigenvalue weighted by atomic mass is 35.5. The molecule has 2 N–H and O–H groups in total. The third-order valence-electron chi connectivity index (χ3n) is 4.73. The number of nitrogens with zero attached hydrogens (tertiary/aromatic N) is 1. The Morgan fingerprint density at radius 1 is 1.08 bits per heavy atom. The van der Waals surface area contributed by atoms with Gasteiger partial charge in [0.25, 0.3) is 0 Å². The summed E-state index contributed by atoms with van der Waals surface area (Å²) in [4.78, 5) is 25.1. The van der Waals surface area contributed by atoms with Gasteiger partial charge in [-0.05, 0) is 41.7 Å².